The molecule has 0 aliphatic carbocycles. The highest BCUT2D eigenvalue weighted by Gasteiger charge is 2.19. The smallest absolute Gasteiger partial charge is 0.306 e. The predicted molar refractivity (Wildman–Crippen MR) is 275 cm³/mol. The van der Waals surface area contributed by atoms with Crippen molar-refractivity contribution in [3.05, 3.63) is 60.8 Å². The summed E-state index contributed by atoms with van der Waals surface area (Å²) in [5.74, 6) is -0.903. The van der Waals surface area contributed by atoms with Gasteiger partial charge in [0.15, 0.2) is 6.10 Å². The highest BCUT2D eigenvalue weighted by atomic mass is 16.6. The van der Waals surface area contributed by atoms with E-state index >= 15 is 0 Å². The molecule has 6 heteroatoms. The zero-order chi connectivity index (χ0) is 46.5. The van der Waals surface area contributed by atoms with Gasteiger partial charge in [0.05, 0.1) is 0 Å². The lowest BCUT2D eigenvalue weighted by Gasteiger charge is -2.18. The first kappa shape index (κ1) is 61.1. The summed E-state index contributed by atoms with van der Waals surface area (Å²) in [7, 11) is 0. The molecular weight excluding hydrogens is 793 g/mol. The van der Waals surface area contributed by atoms with E-state index in [0.717, 1.165) is 96.3 Å². The van der Waals surface area contributed by atoms with Gasteiger partial charge in [0.25, 0.3) is 0 Å². The molecule has 0 heterocycles. The average Bonchev–Trinajstić information content (AvgIpc) is 3.29. The molecule has 0 fully saturated rings. The third kappa shape index (κ3) is 50.1. The van der Waals surface area contributed by atoms with Gasteiger partial charge in [-0.3, -0.25) is 14.4 Å². The minimum atomic E-state index is -0.785. The fraction of sp³-hybridized carbons (Fsp3) is 0.776. The van der Waals surface area contributed by atoms with E-state index in [2.05, 4.69) is 81.5 Å². The van der Waals surface area contributed by atoms with E-state index in [1.807, 2.05) is 0 Å². The van der Waals surface area contributed by atoms with Crippen LogP contribution in [0.4, 0.5) is 0 Å². The normalized spacial score (nSPS) is 12.5. The molecule has 0 amide bonds. The van der Waals surface area contributed by atoms with Crippen LogP contribution in [0, 0.1) is 0 Å². The SMILES string of the molecule is CC/C=C\C/C=C\C/C=C\C/C=C\CCCCCCC(=O)OC(COC(=O)CCCCCCCCCCCC)COC(=O)CCCCCCCCCCC/C=C\CCCCCCCC. The van der Waals surface area contributed by atoms with Crippen LogP contribution in [0.2, 0.25) is 0 Å². The number of ether oxygens (including phenoxy) is 3. The van der Waals surface area contributed by atoms with Crippen LogP contribution in [-0.2, 0) is 28.6 Å². The number of unbranched alkanes of at least 4 members (excludes halogenated alkanes) is 28. The molecule has 0 radical (unpaired) electrons. The number of carbonyl (C=O) groups is 3. The quantitative estimate of drug-likeness (QED) is 0.0262. The standard InChI is InChI=1S/C58H102O6/c1-4-7-10-13-16-19-22-24-26-28-29-31-32-34-36-39-42-45-48-51-57(60)63-54-55(53-62-56(59)50-47-44-41-38-21-18-15-12-9-6-3)64-58(61)52-49-46-43-40-37-35-33-30-27-25-23-20-17-14-11-8-5-2/h8,11,17,20,24-27,33,35,55H,4-7,9-10,12-16,18-19,21-23,28-32,34,36-54H2,1-3H3/b11-8-,20-17-,26-24-,27-25-,35-33-. The fourth-order valence-corrected chi connectivity index (χ4v) is 7.66. The van der Waals surface area contributed by atoms with E-state index in [0.29, 0.717) is 19.3 Å². The van der Waals surface area contributed by atoms with Gasteiger partial charge in [-0.2, -0.15) is 0 Å². The lowest BCUT2D eigenvalue weighted by atomic mass is 10.1. The highest BCUT2D eigenvalue weighted by Crippen LogP contribution is 2.15. The van der Waals surface area contributed by atoms with Crippen molar-refractivity contribution in [2.45, 2.75) is 277 Å². The fourth-order valence-electron chi connectivity index (χ4n) is 7.66. The van der Waals surface area contributed by atoms with Gasteiger partial charge in [-0.25, -0.2) is 0 Å². The molecule has 0 spiro atoms. The molecule has 0 saturated carbocycles. The summed E-state index contributed by atoms with van der Waals surface area (Å²) in [6, 6.07) is 0. The van der Waals surface area contributed by atoms with E-state index in [1.165, 1.54) is 135 Å². The molecule has 0 aromatic carbocycles. The van der Waals surface area contributed by atoms with Gasteiger partial charge in [-0.15, -0.1) is 0 Å². The Morgan fingerprint density at radius 2 is 0.609 bits per heavy atom. The second-order valence-electron chi connectivity index (χ2n) is 18.1. The third-order valence-electron chi connectivity index (χ3n) is 11.8. The summed E-state index contributed by atoms with van der Waals surface area (Å²) >= 11 is 0. The van der Waals surface area contributed by atoms with E-state index in [9.17, 15) is 14.4 Å². The molecule has 1 unspecified atom stereocenters. The number of hydrogen-bond donors (Lipinski definition) is 0. The van der Waals surface area contributed by atoms with Crippen molar-refractivity contribution in [2.24, 2.45) is 0 Å². The molecule has 0 bridgehead atoms. The third-order valence-corrected chi connectivity index (χ3v) is 11.8. The molecule has 6 nitrogen and oxygen atoms in total. The maximum Gasteiger partial charge on any atom is 0.306 e. The van der Waals surface area contributed by atoms with Crippen LogP contribution in [0.1, 0.15) is 271 Å². The van der Waals surface area contributed by atoms with Crippen LogP contribution >= 0.6 is 0 Å². The van der Waals surface area contributed by atoms with Gasteiger partial charge in [0, 0.05) is 19.3 Å². The van der Waals surface area contributed by atoms with E-state index in [1.54, 1.807) is 0 Å². The molecule has 0 N–H and O–H groups in total. The van der Waals surface area contributed by atoms with Gasteiger partial charge in [-0.1, -0.05) is 229 Å². The molecule has 64 heavy (non-hydrogen) atoms. The Hall–Kier alpha value is -2.89. The summed E-state index contributed by atoms with van der Waals surface area (Å²) in [6.07, 6.45) is 64.9. The van der Waals surface area contributed by atoms with E-state index in [4.69, 9.17) is 14.2 Å². The van der Waals surface area contributed by atoms with Crippen molar-refractivity contribution >= 4 is 17.9 Å². The topological polar surface area (TPSA) is 78.9 Å². The zero-order valence-electron chi connectivity index (χ0n) is 42.3. The van der Waals surface area contributed by atoms with Gasteiger partial charge in [0.2, 0.25) is 0 Å². The Kier molecular flexibility index (Phi) is 50.4. The molecule has 0 aliphatic rings. The molecule has 370 valence electrons. The Bertz CT molecular complexity index is 1170. The van der Waals surface area contributed by atoms with Crippen molar-refractivity contribution in [1.82, 2.24) is 0 Å². The number of allylic oxidation sites excluding steroid dienone is 10. The molecular formula is C58H102O6. The maximum absolute atomic E-state index is 12.8. The van der Waals surface area contributed by atoms with Crippen LogP contribution in [0.5, 0.6) is 0 Å². The number of carbonyl (C=O) groups excluding carboxylic acids is 3. The predicted octanol–water partition coefficient (Wildman–Crippen LogP) is 18.0. The highest BCUT2D eigenvalue weighted by molar-refractivity contribution is 5.71. The number of hydrogen-bond acceptors (Lipinski definition) is 6. The second kappa shape index (κ2) is 52.7. The molecule has 0 aliphatic heterocycles. The monoisotopic (exact) mass is 895 g/mol. The first-order valence-electron chi connectivity index (χ1n) is 27.3. The number of esters is 3. The van der Waals surface area contributed by atoms with Gasteiger partial charge >= 0.3 is 17.9 Å². The Morgan fingerprint density at radius 3 is 0.969 bits per heavy atom. The minimum absolute atomic E-state index is 0.0829. The molecule has 0 saturated heterocycles. The largest absolute Gasteiger partial charge is 0.462 e. The van der Waals surface area contributed by atoms with Gasteiger partial charge in [0.1, 0.15) is 13.2 Å². The Morgan fingerprint density at radius 1 is 0.328 bits per heavy atom. The molecule has 0 aromatic heterocycles. The van der Waals surface area contributed by atoms with E-state index in [-0.39, 0.29) is 31.1 Å². The van der Waals surface area contributed by atoms with Gasteiger partial charge < -0.3 is 14.2 Å². The van der Waals surface area contributed by atoms with Crippen molar-refractivity contribution in [3.63, 3.8) is 0 Å². The van der Waals surface area contributed by atoms with Crippen LogP contribution in [0.15, 0.2) is 60.8 Å². The first-order valence-corrected chi connectivity index (χ1v) is 27.3. The summed E-state index contributed by atoms with van der Waals surface area (Å²) in [4.78, 5) is 38.0. The zero-order valence-corrected chi connectivity index (χ0v) is 42.3. The van der Waals surface area contributed by atoms with Crippen LogP contribution in [0.25, 0.3) is 0 Å². The van der Waals surface area contributed by atoms with Gasteiger partial charge in [-0.05, 0) is 83.5 Å². The van der Waals surface area contributed by atoms with Crippen molar-refractivity contribution < 1.29 is 28.6 Å². The molecule has 0 rings (SSSR count). The average molecular weight is 895 g/mol. The summed E-state index contributed by atoms with van der Waals surface area (Å²) in [5.41, 5.74) is 0. The summed E-state index contributed by atoms with van der Waals surface area (Å²) in [6.45, 7) is 6.50. The van der Waals surface area contributed by atoms with E-state index < -0.39 is 6.10 Å². The Balaban J connectivity index is 4.35. The van der Waals surface area contributed by atoms with Crippen LogP contribution in [-0.4, -0.2) is 37.2 Å². The molecule has 0 aromatic rings. The lowest BCUT2D eigenvalue weighted by molar-refractivity contribution is -0.167. The molecule has 1 atom stereocenters. The summed E-state index contributed by atoms with van der Waals surface area (Å²) in [5, 5.41) is 0. The number of rotatable bonds is 49. The second-order valence-corrected chi connectivity index (χ2v) is 18.1. The van der Waals surface area contributed by atoms with Crippen LogP contribution < -0.4 is 0 Å². The van der Waals surface area contributed by atoms with Crippen molar-refractivity contribution in [1.29, 1.82) is 0 Å². The van der Waals surface area contributed by atoms with Crippen LogP contribution in [0.3, 0.4) is 0 Å². The minimum Gasteiger partial charge on any atom is -0.462 e. The van der Waals surface area contributed by atoms with Crippen molar-refractivity contribution in [3.8, 4) is 0 Å². The summed E-state index contributed by atoms with van der Waals surface area (Å²) < 4.78 is 16.8. The Labute approximate surface area is 396 Å². The lowest BCUT2D eigenvalue weighted by Crippen LogP contribution is -2.30. The first-order chi connectivity index (χ1) is 31.5. The maximum atomic E-state index is 12.8. The van der Waals surface area contributed by atoms with Crippen molar-refractivity contribution in [2.75, 3.05) is 13.2 Å².